The van der Waals surface area contributed by atoms with Gasteiger partial charge in [-0.2, -0.15) is 0 Å². The van der Waals surface area contributed by atoms with E-state index < -0.39 is 0 Å². The normalized spacial score (nSPS) is 22.7. The molecule has 2 N–H and O–H groups in total. The smallest absolute Gasteiger partial charge is 0.255 e. The van der Waals surface area contributed by atoms with E-state index in [-0.39, 0.29) is 35.7 Å². The molecule has 0 bridgehead atoms. The minimum Gasteiger partial charge on any atom is -0.341 e. The van der Waals surface area contributed by atoms with Gasteiger partial charge in [-0.3, -0.25) is 9.59 Å². The van der Waals surface area contributed by atoms with Crippen LogP contribution >= 0.6 is 24.2 Å². The maximum absolute atomic E-state index is 13.0. The van der Waals surface area contributed by atoms with Crippen LogP contribution in [0.4, 0.5) is 0 Å². The molecule has 1 aromatic rings. The van der Waals surface area contributed by atoms with Crippen LogP contribution in [0.2, 0.25) is 0 Å². The summed E-state index contributed by atoms with van der Waals surface area (Å²) in [6.45, 7) is 8.55. The van der Waals surface area contributed by atoms with Gasteiger partial charge < -0.3 is 15.5 Å². The molecule has 0 saturated carbocycles. The molecule has 150 valence electrons. The highest BCUT2D eigenvalue weighted by Gasteiger charge is 2.39. The van der Waals surface area contributed by atoms with Crippen molar-refractivity contribution >= 4 is 36.0 Å². The number of thioether (sulfide) groups is 1. The number of nitrogens with two attached hydrogens (primary N) is 1. The Kier molecular flexibility index (Phi) is 7.22. The Hall–Kier alpha value is -1.24. The Balaban J connectivity index is 0.00000261. The zero-order chi connectivity index (χ0) is 18.9. The summed E-state index contributed by atoms with van der Waals surface area (Å²) in [4.78, 5) is 29.5. The lowest BCUT2D eigenvalue weighted by Gasteiger charge is -2.27. The zero-order valence-corrected chi connectivity index (χ0v) is 17.9. The molecule has 3 rings (SSSR count). The predicted octanol–water partition coefficient (Wildman–Crippen LogP) is 2.73. The zero-order valence-electron chi connectivity index (χ0n) is 16.3. The fourth-order valence-corrected chi connectivity index (χ4v) is 4.71. The molecule has 2 aliphatic heterocycles. The molecule has 2 heterocycles. The molecule has 2 fully saturated rings. The molecule has 5 nitrogen and oxygen atoms in total. The Morgan fingerprint density at radius 2 is 1.89 bits per heavy atom. The van der Waals surface area contributed by atoms with Crippen LogP contribution in [0.3, 0.4) is 0 Å². The molecule has 2 unspecified atom stereocenters. The summed E-state index contributed by atoms with van der Waals surface area (Å²) < 4.78 is 0. The van der Waals surface area contributed by atoms with Crippen molar-refractivity contribution in [3.8, 4) is 0 Å². The molecule has 7 heteroatoms. The van der Waals surface area contributed by atoms with Gasteiger partial charge in [0.25, 0.3) is 5.91 Å². The molecule has 27 heavy (non-hydrogen) atoms. The number of likely N-dealkylation sites (tertiary alicyclic amines) is 1. The topological polar surface area (TPSA) is 66.6 Å². The summed E-state index contributed by atoms with van der Waals surface area (Å²) in [7, 11) is 0. The maximum atomic E-state index is 13.0. The Morgan fingerprint density at radius 3 is 2.44 bits per heavy atom. The van der Waals surface area contributed by atoms with E-state index in [9.17, 15) is 9.59 Å². The number of hydrogen-bond donors (Lipinski definition) is 1. The van der Waals surface area contributed by atoms with Gasteiger partial charge in [0.1, 0.15) is 6.04 Å². The van der Waals surface area contributed by atoms with E-state index in [0.717, 1.165) is 19.5 Å². The third kappa shape index (κ3) is 4.79. The minimum absolute atomic E-state index is 0. The lowest BCUT2D eigenvalue weighted by molar-refractivity contribution is -0.133. The second kappa shape index (κ2) is 8.84. The first kappa shape index (κ1) is 22.1. The van der Waals surface area contributed by atoms with Crippen molar-refractivity contribution in [1.82, 2.24) is 9.80 Å². The van der Waals surface area contributed by atoms with E-state index in [4.69, 9.17) is 5.73 Å². The third-order valence-corrected chi connectivity index (χ3v) is 6.37. The SMILES string of the molecule is CC(C)(C)c1ccc(C(=O)N2CSCC2C(=O)N2CCC(CN)C2)cc1.Cl. The van der Waals surface area contributed by atoms with Crippen LogP contribution in [-0.4, -0.2) is 58.9 Å². The fourth-order valence-electron chi connectivity index (χ4n) is 3.56. The second-order valence-corrected chi connectivity index (χ2v) is 9.29. The van der Waals surface area contributed by atoms with Crippen LogP contribution in [0.15, 0.2) is 24.3 Å². The highest BCUT2D eigenvalue weighted by atomic mass is 35.5. The number of carbonyl (C=O) groups is 2. The summed E-state index contributed by atoms with van der Waals surface area (Å²) >= 11 is 1.65. The third-order valence-electron chi connectivity index (χ3n) is 5.36. The van der Waals surface area contributed by atoms with Gasteiger partial charge in [-0.25, -0.2) is 0 Å². The van der Waals surface area contributed by atoms with Crippen molar-refractivity contribution in [3.05, 3.63) is 35.4 Å². The van der Waals surface area contributed by atoms with Gasteiger partial charge in [0.05, 0.1) is 5.88 Å². The summed E-state index contributed by atoms with van der Waals surface area (Å²) in [5.41, 5.74) is 7.64. The fraction of sp³-hybridized carbons (Fsp3) is 0.600. The average molecular weight is 412 g/mol. The molecule has 2 saturated heterocycles. The van der Waals surface area contributed by atoms with Crippen molar-refractivity contribution in [1.29, 1.82) is 0 Å². The van der Waals surface area contributed by atoms with Crippen molar-refractivity contribution in [3.63, 3.8) is 0 Å². The lowest BCUT2D eigenvalue weighted by atomic mass is 9.86. The molecule has 2 atom stereocenters. The Morgan fingerprint density at radius 1 is 1.22 bits per heavy atom. The number of hydrogen-bond acceptors (Lipinski definition) is 4. The molecule has 0 spiro atoms. The maximum Gasteiger partial charge on any atom is 0.255 e. The molecule has 0 radical (unpaired) electrons. The highest BCUT2D eigenvalue weighted by Crippen LogP contribution is 2.28. The molecule has 2 aliphatic rings. The number of benzene rings is 1. The largest absolute Gasteiger partial charge is 0.341 e. The van der Waals surface area contributed by atoms with Crippen LogP contribution in [-0.2, 0) is 10.2 Å². The van der Waals surface area contributed by atoms with Crippen molar-refractivity contribution in [2.24, 2.45) is 11.7 Å². The number of halogens is 1. The second-order valence-electron chi connectivity index (χ2n) is 8.29. The summed E-state index contributed by atoms with van der Waals surface area (Å²) in [6, 6.07) is 7.44. The summed E-state index contributed by atoms with van der Waals surface area (Å²) in [5.74, 6) is 1.66. The molecular weight excluding hydrogens is 382 g/mol. The minimum atomic E-state index is -0.355. The van der Waals surface area contributed by atoms with E-state index in [0.29, 0.717) is 29.7 Å². The number of rotatable bonds is 3. The van der Waals surface area contributed by atoms with Crippen LogP contribution in [0.5, 0.6) is 0 Å². The lowest BCUT2D eigenvalue weighted by Crippen LogP contribution is -2.48. The molecular formula is C20H30ClN3O2S. The number of nitrogens with zero attached hydrogens (tertiary/aromatic N) is 2. The number of amides is 2. The van der Waals surface area contributed by atoms with Gasteiger partial charge in [-0.05, 0) is 42.0 Å². The van der Waals surface area contributed by atoms with E-state index in [1.165, 1.54) is 5.56 Å². The Labute approximate surface area is 172 Å². The average Bonchev–Trinajstić information content (AvgIpc) is 3.29. The summed E-state index contributed by atoms with van der Waals surface area (Å²) in [6.07, 6.45) is 0.963. The highest BCUT2D eigenvalue weighted by molar-refractivity contribution is 7.99. The van der Waals surface area contributed by atoms with Crippen LogP contribution in [0, 0.1) is 5.92 Å². The van der Waals surface area contributed by atoms with Gasteiger partial charge in [-0.15, -0.1) is 24.2 Å². The monoisotopic (exact) mass is 411 g/mol. The van der Waals surface area contributed by atoms with Crippen LogP contribution < -0.4 is 5.73 Å². The molecule has 0 aromatic heterocycles. The molecule has 2 amide bonds. The Bertz CT molecular complexity index is 675. The molecule has 0 aliphatic carbocycles. The van der Waals surface area contributed by atoms with E-state index >= 15 is 0 Å². The van der Waals surface area contributed by atoms with Crippen molar-refractivity contribution < 1.29 is 9.59 Å². The first-order valence-electron chi connectivity index (χ1n) is 9.29. The van der Waals surface area contributed by atoms with E-state index in [1.807, 2.05) is 29.2 Å². The van der Waals surface area contributed by atoms with Gasteiger partial charge in [0, 0.05) is 24.4 Å². The van der Waals surface area contributed by atoms with Crippen molar-refractivity contribution in [2.45, 2.75) is 38.6 Å². The van der Waals surface area contributed by atoms with Crippen LogP contribution in [0.1, 0.15) is 43.1 Å². The summed E-state index contributed by atoms with van der Waals surface area (Å²) in [5, 5.41) is 0. The van der Waals surface area contributed by atoms with Gasteiger partial charge >= 0.3 is 0 Å². The van der Waals surface area contributed by atoms with Crippen molar-refractivity contribution in [2.75, 3.05) is 31.3 Å². The van der Waals surface area contributed by atoms with Gasteiger partial charge in [0.2, 0.25) is 5.91 Å². The quantitative estimate of drug-likeness (QED) is 0.830. The van der Waals surface area contributed by atoms with Gasteiger partial charge in [-0.1, -0.05) is 32.9 Å². The first-order valence-corrected chi connectivity index (χ1v) is 10.4. The van der Waals surface area contributed by atoms with E-state index in [1.54, 1.807) is 16.7 Å². The van der Waals surface area contributed by atoms with E-state index in [2.05, 4.69) is 20.8 Å². The number of carbonyl (C=O) groups excluding carboxylic acids is 2. The standard InChI is InChI=1S/C20H29N3O2S.ClH/c1-20(2,3)16-6-4-15(5-7-16)18(24)23-13-26-12-17(23)19(25)22-9-8-14(10-21)11-22;/h4-7,14,17H,8-13,21H2,1-3H3;1H. The van der Waals surface area contributed by atoms with Crippen LogP contribution in [0.25, 0.3) is 0 Å². The predicted molar refractivity (Wildman–Crippen MR) is 113 cm³/mol. The molecule has 1 aromatic carbocycles. The first-order chi connectivity index (χ1) is 12.3. The van der Waals surface area contributed by atoms with Gasteiger partial charge in [0.15, 0.2) is 0 Å².